The lowest BCUT2D eigenvalue weighted by molar-refractivity contribution is -0.206. The Hall–Kier alpha value is -1.69. The molecule has 3 nitrogen and oxygen atoms in total. The first-order chi connectivity index (χ1) is 8.30. The van der Waals surface area contributed by atoms with Gasteiger partial charge in [-0.15, -0.1) is 0 Å². The fourth-order valence-electron chi connectivity index (χ4n) is 1.81. The van der Waals surface area contributed by atoms with Gasteiger partial charge in [-0.25, -0.2) is 0 Å². The number of hydrogen-bond acceptors (Lipinski definition) is 2. The number of aliphatic hydroxyl groups is 1. The molecule has 6 heteroatoms. The van der Waals surface area contributed by atoms with Crippen LogP contribution < -0.4 is 4.90 Å². The zero-order chi connectivity index (χ0) is 13.5. The first-order valence-corrected chi connectivity index (χ1v) is 5.34. The van der Waals surface area contributed by atoms with Crippen molar-refractivity contribution in [1.29, 1.82) is 0 Å². The maximum atomic E-state index is 12.5. The Morgan fingerprint density at radius 2 is 1.94 bits per heavy atom. The van der Waals surface area contributed by atoms with Gasteiger partial charge in [0.15, 0.2) is 6.10 Å². The van der Waals surface area contributed by atoms with Crippen LogP contribution in [0.4, 0.5) is 18.9 Å². The van der Waals surface area contributed by atoms with Gasteiger partial charge in [-0.2, -0.15) is 13.2 Å². The number of aliphatic hydroxyl groups excluding tert-OH is 1. The molecule has 0 fully saturated rings. The van der Waals surface area contributed by atoms with Crippen LogP contribution in [-0.2, 0) is 0 Å². The summed E-state index contributed by atoms with van der Waals surface area (Å²) in [5.74, 6) is 0. The Bertz CT molecular complexity index is 560. The SMILES string of the molecule is CN(C)c1ccc2[nH]cc(C(O)C(F)(F)F)c2c1. The Labute approximate surface area is 102 Å². The average Bonchev–Trinajstić information content (AvgIpc) is 2.68. The van der Waals surface area contributed by atoms with E-state index >= 15 is 0 Å². The number of alkyl halides is 3. The van der Waals surface area contributed by atoms with Gasteiger partial charge in [0, 0.05) is 42.4 Å². The Balaban J connectivity index is 2.55. The summed E-state index contributed by atoms with van der Waals surface area (Å²) in [5, 5.41) is 9.70. The summed E-state index contributed by atoms with van der Waals surface area (Å²) in [6, 6.07) is 5.11. The van der Waals surface area contributed by atoms with E-state index < -0.39 is 12.3 Å². The van der Waals surface area contributed by atoms with Gasteiger partial charge in [-0.05, 0) is 18.2 Å². The number of H-pyrrole nitrogens is 1. The minimum absolute atomic E-state index is 0.152. The Morgan fingerprint density at radius 1 is 1.28 bits per heavy atom. The van der Waals surface area contributed by atoms with Gasteiger partial charge in [-0.1, -0.05) is 0 Å². The number of fused-ring (bicyclic) bond motifs is 1. The minimum Gasteiger partial charge on any atom is -0.379 e. The zero-order valence-corrected chi connectivity index (χ0v) is 9.92. The lowest BCUT2D eigenvalue weighted by atomic mass is 10.1. The summed E-state index contributed by atoms with van der Waals surface area (Å²) < 4.78 is 37.6. The summed E-state index contributed by atoms with van der Waals surface area (Å²) >= 11 is 0. The van der Waals surface area contributed by atoms with Crippen LogP contribution >= 0.6 is 0 Å². The molecule has 0 amide bonds. The number of rotatable bonds is 2. The highest BCUT2D eigenvalue weighted by Gasteiger charge is 2.40. The van der Waals surface area contributed by atoms with Gasteiger partial charge in [0.1, 0.15) is 0 Å². The van der Waals surface area contributed by atoms with Crippen molar-refractivity contribution in [2.24, 2.45) is 0 Å². The molecule has 2 N–H and O–H groups in total. The monoisotopic (exact) mass is 258 g/mol. The van der Waals surface area contributed by atoms with Crippen LogP contribution in [0.15, 0.2) is 24.4 Å². The van der Waals surface area contributed by atoms with Crippen LogP contribution in [0.1, 0.15) is 11.7 Å². The molecule has 0 bridgehead atoms. The summed E-state index contributed by atoms with van der Waals surface area (Å²) in [4.78, 5) is 4.52. The molecule has 0 saturated carbocycles. The molecule has 1 aromatic heterocycles. The molecule has 1 aromatic carbocycles. The molecule has 18 heavy (non-hydrogen) atoms. The van der Waals surface area contributed by atoms with Crippen LogP contribution in [0, 0.1) is 0 Å². The summed E-state index contributed by atoms with van der Waals surface area (Å²) in [7, 11) is 3.60. The van der Waals surface area contributed by atoms with Crippen molar-refractivity contribution in [3.63, 3.8) is 0 Å². The van der Waals surface area contributed by atoms with E-state index in [4.69, 9.17) is 0 Å². The van der Waals surface area contributed by atoms with E-state index in [9.17, 15) is 18.3 Å². The van der Waals surface area contributed by atoms with E-state index in [-0.39, 0.29) is 5.56 Å². The van der Waals surface area contributed by atoms with Crippen molar-refractivity contribution in [3.05, 3.63) is 30.0 Å². The highest BCUT2D eigenvalue weighted by Crippen LogP contribution is 2.36. The number of aromatic amines is 1. The summed E-state index contributed by atoms with van der Waals surface area (Å²) in [5.41, 5.74) is 1.19. The number of nitrogens with one attached hydrogen (secondary N) is 1. The van der Waals surface area contributed by atoms with Crippen molar-refractivity contribution in [2.75, 3.05) is 19.0 Å². The maximum Gasteiger partial charge on any atom is 0.418 e. The van der Waals surface area contributed by atoms with Gasteiger partial charge in [0.05, 0.1) is 0 Å². The molecule has 2 rings (SSSR count). The van der Waals surface area contributed by atoms with E-state index in [2.05, 4.69) is 4.98 Å². The second-order valence-corrected chi connectivity index (χ2v) is 4.31. The van der Waals surface area contributed by atoms with Crippen molar-refractivity contribution >= 4 is 16.6 Å². The molecule has 2 aromatic rings. The molecular weight excluding hydrogens is 245 g/mol. The van der Waals surface area contributed by atoms with Gasteiger partial charge in [0.2, 0.25) is 0 Å². The molecule has 1 unspecified atom stereocenters. The smallest absolute Gasteiger partial charge is 0.379 e. The van der Waals surface area contributed by atoms with Crippen LogP contribution in [-0.4, -0.2) is 30.4 Å². The normalized spacial score (nSPS) is 13.9. The van der Waals surface area contributed by atoms with Crippen LogP contribution in [0.3, 0.4) is 0 Å². The van der Waals surface area contributed by atoms with Crippen molar-refractivity contribution in [2.45, 2.75) is 12.3 Å². The summed E-state index contributed by atoms with van der Waals surface area (Å²) in [6.07, 6.45) is -5.94. The third-order valence-corrected chi connectivity index (χ3v) is 2.82. The van der Waals surface area contributed by atoms with Crippen LogP contribution in [0.25, 0.3) is 10.9 Å². The Kier molecular flexibility index (Phi) is 2.98. The van der Waals surface area contributed by atoms with Gasteiger partial charge < -0.3 is 15.0 Å². The largest absolute Gasteiger partial charge is 0.418 e. The standard InChI is InChI=1S/C12H13F3N2O/c1-17(2)7-3-4-10-8(5-7)9(6-16-10)11(18)12(13,14)15/h3-6,11,16,18H,1-2H3. The molecule has 0 spiro atoms. The van der Waals surface area contributed by atoms with E-state index in [0.717, 1.165) is 5.69 Å². The van der Waals surface area contributed by atoms with Gasteiger partial charge in [0.25, 0.3) is 0 Å². The predicted molar refractivity (Wildman–Crippen MR) is 63.6 cm³/mol. The number of anilines is 1. The Morgan fingerprint density at radius 3 is 2.50 bits per heavy atom. The number of nitrogens with zero attached hydrogens (tertiary/aromatic N) is 1. The molecule has 98 valence electrons. The number of benzene rings is 1. The number of halogens is 3. The highest BCUT2D eigenvalue weighted by molar-refractivity contribution is 5.87. The van der Waals surface area contributed by atoms with Gasteiger partial charge in [-0.3, -0.25) is 0 Å². The second kappa shape index (κ2) is 4.20. The minimum atomic E-state index is -4.66. The first-order valence-electron chi connectivity index (χ1n) is 5.34. The lowest BCUT2D eigenvalue weighted by Crippen LogP contribution is -2.19. The van der Waals surface area contributed by atoms with E-state index in [1.807, 2.05) is 0 Å². The van der Waals surface area contributed by atoms with Crippen LogP contribution in [0.5, 0.6) is 0 Å². The fraction of sp³-hybridized carbons (Fsp3) is 0.333. The highest BCUT2D eigenvalue weighted by atomic mass is 19.4. The number of hydrogen-bond donors (Lipinski definition) is 2. The van der Waals surface area contributed by atoms with Crippen molar-refractivity contribution < 1.29 is 18.3 Å². The zero-order valence-electron chi connectivity index (χ0n) is 9.92. The molecule has 1 heterocycles. The molecule has 1 atom stereocenters. The average molecular weight is 258 g/mol. The maximum absolute atomic E-state index is 12.5. The third kappa shape index (κ3) is 2.15. The molecule has 0 aliphatic rings. The van der Waals surface area contributed by atoms with Gasteiger partial charge >= 0.3 is 6.18 Å². The topological polar surface area (TPSA) is 39.3 Å². The molecule has 0 saturated heterocycles. The molecule has 0 aliphatic carbocycles. The molecule has 0 radical (unpaired) electrons. The lowest BCUT2D eigenvalue weighted by Gasteiger charge is -2.15. The fourth-order valence-corrected chi connectivity index (χ4v) is 1.81. The third-order valence-electron chi connectivity index (χ3n) is 2.82. The number of aromatic nitrogens is 1. The predicted octanol–water partition coefficient (Wildman–Crippen LogP) is 2.83. The quantitative estimate of drug-likeness (QED) is 0.869. The van der Waals surface area contributed by atoms with E-state index in [1.165, 1.54) is 6.20 Å². The van der Waals surface area contributed by atoms with E-state index in [0.29, 0.717) is 10.9 Å². The molecular formula is C12H13F3N2O. The first kappa shape index (κ1) is 12.8. The van der Waals surface area contributed by atoms with Crippen LogP contribution in [0.2, 0.25) is 0 Å². The molecule has 0 aliphatic heterocycles. The second-order valence-electron chi connectivity index (χ2n) is 4.31. The van der Waals surface area contributed by atoms with E-state index in [1.54, 1.807) is 37.2 Å². The van der Waals surface area contributed by atoms with Crippen molar-refractivity contribution in [1.82, 2.24) is 4.98 Å². The summed E-state index contributed by atoms with van der Waals surface area (Å²) in [6.45, 7) is 0. The van der Waals surface area contributed by atoms with Crippen molar-refractivity contribution in [3.8, 4) is 0 Å².